The van der Waals surface area contributed by atoms with Crippen LogP contribution in [0.25, 0.3) is 0 Å². The molecule has 106 valence electrons. The fourth-order valence-electron chi connectivity index (χ4n) is 1.79. The molecule has 6 heteroatoms. The molecule has 0 radical (unpaired) electrons. The molecule has 2 rings (SSSR count). The summed E-state index contributed by atoms with van der Waals surface area (Å²) in [6, 6.07) is 4.41. The average molecular weight is 359 g/mol. The molecule has 0 N–H and O–H groups in total. The zero-order valence-corrected chi connectivity index (χ0v) is 13.5. The van der Waals surface area contributed by atoms with Gasteiger partial charge in [0.05, 0.1) is 7.11 Å². The molecule has 0 saturated heterocycles. The summed E-state index contributed by atoms with van der Waals surface area (Å²) in [6.07, 6.45) is 0. The number of thiophene rings is 1. The Morgan fingerprint density at radius 2 is 1.85 bits per heavy atom. The standard InChI is InChI=1S/C14H12BrFO3S/c1-7-4-9(16)5-8(2)12(7)19-10-6-11(14(17)18-3)20-13(10)15/h4-6H,1-3H3. The predicted molar refractivity (Wildman–Crippen MR) is 79.3 cm³/mol. The number of hydrogen-bond acceptors (Lipinski definition) is 4. The minimum atomic E-state index is -0.418. The van der Waals surface area contributed by atoms with Gasteiger partial charge in [-0.25, -0.2) is 9.18 Å². The first-order valence-corrected chi connectivity index (χ1v) is 7.35. The van der Waals surface area contributed by atoms with Crippen LogP contribution in [0.15, 0.2) is 22.0 Å². The Hall–Kier alpha value is -1.40. The van der Waals surface area contributed by atoms with E-state index in [0.29, 0.717) is 31.3 Å². The van der Waals surface area contributed by atoms with Gasteiger partial charge in [0.2, 0.25) is 0 Å². The normalized spacial score (nSPS) is 10.4. The number of hydrogen-bond donors (Lipinski definition) is 0. The second kappa shape index (κ2) is 5.93. The van der Waals surface area contributed by atoms with Gasteiger partial charge >= 0.3 is 5.97 Å². The fraction of sp³-hybridized carbons (Fsp3) is 0.214. The summed E-state index contributed by atoms with van der Waals surface area (Å²) < 4.78 is 24.4. The molecule has 20 heavy (non-hydrogen) atoms. The summed E-state index contributed by atoms with van der Waals surface area (Å²) in [4.78, 5) is 11.9. The number of methoxy groups -OCH3 is 1. The van der Waals surface area contributed by atoms with Gasteiger partial charge in [0, 0.05) is 6.07 Å². The van der Waals surface area contributed by atoms with E-state index in [0.717, 1.165) is 0 Å². The summed E-state index contributed by atoms with van der Waals surface area (Å²) in [6.45, 7) is 3.54. The summed E-state index contributed by atoms with van der Waals surface area (Å²) in [5, 5.41) is 0. The molecule has 1 aromatic heterocycles. The van der Waals surface area contributed by atoms with Gasteiger partial charge in [-0.15, -0.1) is 11.3 Å². The van der Waals surface area contributed by atoms with Gasteiger partial charge in [0.1, 0.15) is 20.2 Å². The van der Waals surface area contributed by atoms with Gasteiger partial charge in [-0.3, -0.25) is 0 Å². The van der Waals surface area contributed by atoms with Crippen molar-refractivity contribution in [1.29, 1.82) is 0 Å². The quantitative estimate of drug-likeness (QED) is 0.736. The Bertz CT molecular complexity index is 643. The molecule has 0 bridgehead atoms. The van der Waals surface area contributed by atoms with Crippen molar-refractivity contribution >= 4 is 33.2 Å². The van der Waals surface area contributed by atoms with Gasteiger partial charge in [0.15, 0.2) is 5.75 Å². The van der Waals surface area contributed by atoms with Crippen LogP contribution < -0.4 is 4.74 Å². The van der Waals surface area contributed by atoms with Crippen molar-refractivity contribution in [3.8, 4) is 11.5 Å². The van der Waals surface area contributed by atoms with Crippen LogP contribution in [0.3, 0.4) is 0 Å². The highest BCUT2D eigenvalue weighted by molar-refractivity contribution is 9.11. The third-order valence-electron chi connectivity index (χ3n) is 2.68. The number of aryl methyl sites for hydroxylation is 2. The molecule has 3 nitrogen and oxygen atoms in total. The van der Waals surface area contributed by atoms with E-state index < -0.39 is 5.97 Å². The lowest BCUT2D eigenvalue weighted by Crippen LogP contribution is -1.97. The molecule has 0 fully saturated rings. The van der Waals surface area contributed by atoms with E-state index in [1.807, 2.05) is 0 Å². The van der Waals surface area contributed by atoms with Crippen LogP contribution in [0.5, 0.6) is 11.5 Å². The van der Waals surface area contributed by atoms with E-state index in [1.54, 1.807) is 19.9 Å². The van der Waals surface area contributed by atoms with E-state index in [9.17, 15) is 9.18 Å². The lowest BCUT2D eigenvalue weighted by molar-refractivity contribution is 0.0606. The minimum Gasteiger partial charge on any atom is -0.465 e. The molecule has 0 saturated carbocycles. The van der Waals surface area contributed by atoms with Gasteiger partial charge in [-0.2, -0.15) is 0 Å². The summed E-state index contributed by atoms with van der Waals surface area (Å²) in [5.41, 5.74) is 1.39. The molecule has 0 atom stereocenters. The Kier molecular flexibility index (Phi) is 4.45. The lowest BCUT2D eigenvalue weighted by Gasteiger charge is -2.11. The molecule has 0 aliphatic heterocycles. The van der Waals surface area contributed by atoms with Crippen molar-refractivity contribution in [2.24, 2.45) is 0 Å². The number of carbonyl (C=O) groups excluding carboxylic acids is 1. The number of benzene rings is 1. The number of ether oxygens (including phenoxy) is 2. The van der Waals surface area contributed by atoms with Crippen LogP contribution in [0, 0.1) is 19.7 Å². The Morgan fingerprint density at radius 3 is 2.40 bits per heavy atom. The van der Waals surface area contributed by atoms with Crippen molar-refractivity contribution in [2.45, 2.75) is 13.8 Å². The highest BCUT2D eigenvalue weighted by atomic mass is 79.9. The van der Waals surface area contributed by atoms with Crippen molar-refractivity contribution in [1.82, 2.24) is 0 Å². The van der Waals surface area contributed by atoms with E-state index in [4.69, 9.17) is 4.74 Å². The van der Waals surface area contributed by atoms with E-state index in [1.165, 1.54) is 30.6 Å². The number of esters is 1. The van der Waals surface area contributed by atoms with Gasteiger partial charge < -0.3 is 9.47 Å². The van der Waals surface area contributed by atoms with Crippen LogP contribution in [0.4, 0.5) is 4.39 Å². The maximum Gasteiger partial charge on any atom is 0.348 e. The SMILES string of the molecule is COC(=O)c1cc(Oc2c(C)cc(F)cc2C)c(Br)s1. The Labute approximate surface area is 128 Å². The van der Waals surface area contributed by atoms with Gasteiger partial charge in [0.25, 0.3) is 0 Å². The zero-order valence-electron chi connectivity index (χ0n) is 11.1. The smallest absolute Gasteiger partial charge is 0.348 e. The molecule has 0 unspecified atom stereocenters. The maximum atomic E-state index is 13.3. The monoisotopic (exact) mass is 358 g/mol. The Morgan fingerprint density at radius 1 is 1.25 bits per heavy atom. The first-order chi connectivity index (χ1) is 9.42. The number of carbonyl (C=O) groups is 1. The van der Waals surface area contributed by atoms with Gasteiger partial charge in [-0.1, -0.05) is 0 Å². The summed E-state index contributed by atoms with van der Waals surface area (Å²) in [5.74, 6) is 0.375. The Balaban J connectivity index is 2.36. The van der Waals surface area contributed by atoms with Crippen molar-refractivity contribution in [3.63, 3.8) is 0 Å². The first kappa shape index (κ1) is 15.0. The molecule has 0 aliphatic carbocycles. The second-order valence-corrected chi connectivity index (χ2v) is 6.58. The van der Waals surface area contributed by atoms with Crippen LogP contribution in [0.1, 0.15) is 20.8 Å². The van der Waals surface area contributed by atoms with Crippen LogP contribution in [-0.2, 0) is 4.74 Å². The fourth-order valence-corrected chi connectivity index (χ4v) is 3.24. The maximum absolute atomic E-state index is 13.3. The van der Waals surface area contributed by atoms with E-state index in [-0.39, 0.29) is 5.82 Å². The van der Waals surface area contributed by atoms with Gasteiger partial charge in [-0.05, 0) is 53.0 Å². The molecule has 1 aromatic carbocycles. The predicted octanol–water partition coefficient (Wildman–Crippen LogP) is 4.85. The molecular weight excluding hydrogens is 347 g/mol. The summed E-state index contributed by atoms with van der Waals surface area (Å²) >= 11 is 4.57. The third kappa shape index (κ3) is 3.02. The molecule has 0 spiro atoms. The van der Waals surface area contributed by atoms with E-state index in [2.05, 4.69) is 20.7 Å². The highest BCUT2D eigenvalue weighted by Gasteiger charge is 2.17. The number of halogens is 2. The largest absolute Gasteiger partial charge is 0.465 e. The van der Waals surface area contributed by atoms with Crippen molar-refractivity contribution in [3.05, 3.63) is 43.8 Å². The highest BCUT2D eigenvalue weighted by Crippen LogP contribution is 2.39. The topological polar surface area (TPSA) is 35.5 Å². The third-order valence-corrected chi connectivity index (χ3v) is 4.44. The second-order valence-electron chi connectivity index (χ2n) is 4.21. The van der Waals surface area contributed by atoms with Crippen molar-refractivity contribution < 1.29 is 18.7 Å². The molecule has 2 aromatic rings. The lowest BCUT2D eigenvalue weighted by atomic mass is 10.1. The van der Waals surface area contributed by atoms with Crippen LogP contribution >= 0.6 is 27.3 Å². The van der Waals surface area contributed by atoms with Crippen molar-refractivity contribution in [2.75, 3.05) is 7.11 Å². The van der Waals surface area contributed by atoms with Crippen LogP contribution in [0.2, 0.25) is 0 Å². The summed E-state index contributed by atoms with van der Waals surface area (Å²) in [7, 11) is 1.32. The number of rotatable bonds is 3. The van der Waals surface area contributed by atoms with Crippen LogP contribution in [-0.4, -0.2) is 13.1 Å². The molecular formula is C14H12BrFO3S. The van der Waals surface area contributed by atoms with E-state index >= 15 is 0 Å². The minimum absolute atomic E-state index is 0.299. The zero-order chi connectivity index (χ0) is 14.9. The molecule has 1 heterocycles. The molecule has 0 aliphatic rings. The average Bonchev–Trinajstić information content (AvgIpc) is 2.74. The first-order valence-electron chi connectivity index (χ1n) is 5.74. The molecule has 0 amide bonds.